The summed E-state index contributed by atoms with van der Waals surface area (Å²) in [6.07, 6.45) is 1.56. The molecule has 0 aliphatic carbocycles. The number of aromatic amines is 1. The maximum absolute atomic E-state index is 12.8. The number of methoxy groups -OCH3 is 1. The van der Waals surface area contributed by atoms with Gasteiger partial charge in [0.25, 0.3) is 11.8 Å². The van der Waals surface area contributed by atoms with Crippen LogP contribution in [0.5, 0.6) is 5.75 Å². The van der Waals surface area contributed by atoms with Crippen molar-refractivity contribution >= 4 is 22.8 Å². The smallest absolute Gasteiger partial charge is 0.289 e. The Morgan fingerprint density at radius 3 is 2.70 bits per heavy atom. The van der Waals surface area contributed by atoms with Crippen LogP contribution in [0.4, 0.5) is 0 Å². The second-order valence-corrected chi connectivity index (χ2v) is 6.65. The normalized spacial score (nSPS) is 15.2. The zero-order chi connectivity index (χ0) is 19.0. The van der Waals surface area contributed by atoms with E-state index in [0.29, 0.717) is 24.4 Å². The predicted molar refractivity (Wildman–Crippen MR) is 97.8 cm³/mol. The second kappa shape index (κ2) is 6.79. The minimum absolute atomic E-state index is 0.119. The first-order chi connectivity index (χ1) is 13.0. The van der Waals surface area contributed by atoms with Crippen molar-refractivity contribution in [3.63, 3.8) is 0 Å². The van der Waals surface area contributed by atoms with Gasteiger partial charge in [-0.25, -0.2) is 0 Å². The van der Waals surface area contributed by atoms with E-state index in [9.17, 15) is 9.59 Å². The number of likely N-dealkylation sites (tertiary alicyclic amines) is 1. The highest BCUT2D eigenvalue weighted by Gasteiger charge is 2.27. The number of amides is 2. The molecule has 1 aliphatic heterocycles. The number of rotatable bonds is 4. The lowest BCUT2D eigenvalue weighted by atomic mass is 9.93. The fourth-order valence-corrected chi connectivity index (χ4v) is 3.48. The van der Waals surface area contributed by atoms with E-state index in [1.54, 1.807) is 36.3 Å². The third-order valence-electron chi connectivity index (χ3n) is 5.01. The van der Waals surface area contributed by atoms with Crippen molar-refractivity contribution in [2.24, 2.45) is 5.73 Å². The Kier molecular flexibility index (Phi) is 4.31. The number of carbonyl (C=O) groups excluding carboxylic acids is 2. The van der Waals surface area contributed by atoms with Crippen molar-refractivity contribution in [3.8, 4) is 5.75 Å². The van der Waals surface area contributed by atoms with Crippen LogP contribution in [0.25, 0.3) is 11.0 Å². The van der Waals surface area contributed by atoms with E-state index in [2.05, 4.69) is 10.2 Å². The average molecular weight is 368 g/mol. The van der Waals surface area contributed by atoms with Crippen LogP contribution in [0.15, 0.2) is 34.7 Å². The molecule has 2 aromatic heterocycles. The average Bonchev–Trinajstić information content (AvgIpc) is 3.34. The summed E-state index contributed by atoms with van der Waals surface area (Å²) in [5, 5.41) is 7.64. The van der Waals surface area contributed by atoms with Gasteiger partial charge in [0.15, 0.2) is 5.76 Å². The van der Waals surface area contributed by atoms with Gasteiger partial charge in [-0.15, -0.1) is 0 Å². The molecule has 1 aliphatic rings. The SMILES string of the molecule is COc1ccc2oc(C(=O)N3CCC(c4cc(C(N)=O)n[nH]4)CC3)cc2c1. The first-order valence-corrected chi connectivity index (χ1v) is 8.77. The van der Waals surface area contributed by atoms with Gasteiger partial charge in [0.05, 0.1) is 7.11 Å². The van der Waals surface area contributed by atoms with Crippen molar-refractivity contribution in [2.75, 3.05) is 20.2 Å². The molecule has 0 spiro atoms. The van der Waals surface area contributed by atoms with Gasteiger partial charge in [-0.3, -0.25) is 14.7 Å². The summed E-state index contributed by atoms with van der Waals surface area (Å²) in [5.74, 6) is 0.597. The summed E-state index contributed by atoms with van der Waals surface area (Å²) in [7, 11) is 1.60. The quantitative estimate of drug-likeness (QED) is 0.733. The Morgan fingerprint density at radius 2 is 2.04 bits per heavy atom. The standard InChI is InChI=1S/C19H20N4O4/c1-26-13-2-3-16-12(8-13)9-17(27-16)19(25)23-6-4-11(5-7-23)14-10-15(18(20)24)22-21-14/h2-3,8-11H,4-7H2,1H3,(H2,20,24)(H,21,22). The van der Waals surface area contributed by atoms with Crippen LogP contribution in [0, 0.1) is 0 Å². The minimum Gasteiger partial charge on any atom is -0.497 e. The number of ether oxygens (including phenoxy) is 1. The zero-order valence-corrected chi connectivity index (χ0v) is 14.9. The number of nitrogens with one attached hydrogen (secondary N) is 1. The van der Waals surface area contributed by atoms with E-state index in [1.807, 2.05) is 6.07 Å². The Hall–Kier alpha value is -3.29. The molecule has 0 saturated carbocycles. The number of nitrogens with two attached hydrogens (primary N) is 1. The monoisotopic (exact) mass is 368 g/mol. The number of aromatic nitrogens is 2. The molecule has 8 nitrogen and oxygen atoms in total. The first-order valence-electron chi connectivity index (χ1n) is 8.77. The number of benzene rings is 1. The largest absolute Gasteiger partial charge is 0.497 e. The van der Waals surface area contributed by atoms with Crippen LogP contribution >= 0.6 is 0 Å². The van der Waals surface area contributed by atoms with Crippen LogP contribution in [0.3, 0.4) is 0 Å². The topological polar surface area (TPSA) is 114 Å². The van der Waals surface area contributed by atoms with Gasteiger partial charge in [0.2, 0.25) is 0 Å². The molecule has 8 heteroatoms. The fourth-order valence-electron chi connectivity index (χ4n) is 3.48. The highest BCUT2D eigenvalue weighted by Crippen LogP contribution is 2.29. The summed E-state index contributed by atoms with van der Waals surface area (Å²) in [6, 6.07) is 8.88. The molecule has 0 radical (unpaired) electrons. The number of furan rings is 1. The number of hydrogen-bond acceptors (Lipinski definition) is 5. The third kappa shape index (κ3) is 3.25. The maximum atomic E-state index is 12.8. The van der Waals surface area contributed by atoms with Crippen LogP contribution in [-0.2, 0) is 0 Å². The number of fused-ring (bicyclic) bond motifs is 1. The molecule has 27 heavy (non-hydrogen) atoms. The summed E-state index contributed by atoms with van der Waals surface area (Å²) >= 11 is 0. The van der Waals surface area contributed by atoms with Crippen molar-refractivity contribution in [1.82, 2.24) is 15.1 Å². The number of primary amides is 1. The van der Waals surface area contributed by atoms with Gasteiger partial charge in [-0.2, -0.15) is 5.10 Å². The number of H-pyrrole nitrogens is 1. The van der Waals surface area contributed by atoms with E-state index in [1.165, 1.54) is 0 Å². The minimum atomic E-state index is -0.549. The van der Waals surface area contributed by atoms with Crippen LogP contribution < -0.4 is 10.5 Å². The summed E-state index contributed by atoms with van der Waals surface area (Å²) in [6.45, 7) is 1.21. The van der Waals surface area contributed by atoms with Crippen LogP contribution in [0.1, 0.15) is 45.5 Å². The van der Waals surface area contributed by atoms with Gasteiger partial charge in [0.1, 0.15) is 17.0 Å². The van der Waals surface area contributed by atoms with Gasteiger partial charge in [0, 0.05) is 30.1 Å². The second-order valence-electron chi connectivity index (χ2n) is 6.65. The van der Waals surface area contributed by atoms with E-state index in [0.717, 1.165) is 29.7 Å². The van der Waals surface area contributed by atoms with E-state index >= 15 is 0 Å². The molecule has 3 N–H and O–H groups in total. The van der Waals surface area contributed by atoms with Gasteiger partial charge in [-0.1, -0.05) is 0 Å². The molecular weight excluding hydrogens is 348 g/mol. The molecule has 1 aromatic carbocycles. The zero-order valence-electron chi connectivity index (χ0n) is 14.9. The van der Waals surface area contributed by atoms with Gasteiger partial charge < -0.3 is 19.8 Å². The van der Waals surface area contributed by atoms with E-state index in [4.69, 9.17) is 14.9 Å². The Morgan fingerprint density at radius 1 is 1.26 bits per heavy atom. The Balaban J connectivity index is 1.44. The lowest BCUT2D eigenvalue weighted by molar-refractivity contribution is 0.0682. The fraction of sp³-hybridized carbons (Fsp3) is 0.316. The molecule has 3 heterocycles. The molecule has 0 unspecified atom stereocenters. The van der Waals surface area contributed by atoms with Gasteiger partial charge >= 0.3 is 0 Å². The number of nitrogens with zero attached hydrogens (tertiary/aromatic N) is 2. The lowest BCUT2D eigenvalue weighted by Crippen LogP contribution is -2.37. The summed E-state index contributed by atoms with van der Waals surface area (Å²) in [4.78, 5) is 25.7. The molecule has 0 atom stereocenters. The summed E-state index contributed by atoms with van der Waals surface area (Å²) in [5.41, 5.74) is 7.02. The van der Waals surface area contributed by atoms with Gasteiger partial charge in [-0.05, 0) is 43.2 Å². The van der Waals surface area contributed by atoms with E-state index < -0.39 is 5.91 Å². The molecule has 2 amide bonds. The van der Waals surface area contributed by atoms with Crippen molar-refractivity contribution in [1.29, 1.82) is 0 Å². The molecule has 4 rings (SSSR count). The highest BCUT2D eigenvalue weighted by atomic mass is 16.5. The lowest BCUT2D eigenvalue weighted by Gasteiger charge is -2.30. The molecule has 0 bridgehead atoms. The van der Waals surface area contributed by atoms with Crippen molar-refractivity contribution in [3.05, 3.63) is 47.5 Å². The highest BCUT2D eigenvalue weighted by molar-refractivity contribution is 5.96. The van der Waals surface area contributed by atoms with Crippen molar-refractivity contribution in [2.45, 2.75) is 18.8 Å². The molecule has 1 fully saturated rings. The summed E-state index contributed by atoms with van der Waals surface area (Å²) < 4.78 is 10.9. The molecular formula is C19H20N4O4. The van der Waals surface area contributed by atoms with Crippen LogP contribution in [0.2, 0.25) is 0 Å². The van der Waals surface area contributed by atoms with Crippen LogP contribution in [-0.4, -0.2) is 47.1 Å². The number of carbonyl (C=O) groups is 2. The first kappa shape index (κ1) is 17.1. The Labute approximate surface area is 155 Å². The molecule has 3 aromatic rings. The number of hydrogen-bond donors (Lipinski definition) is 2. The number of piperidine rings is 1. The van der Waals surface area contributed by atoms with Crippen molar-refractivity contribution < 1.29 is 18.7 Å². The molecule has 140 valence electrons. The third-order valence-corrected chi connectivity index (χ3v) is 5.01. The van der Waals surface area contributed by atoms with E-state index in [-0.39, 0.29) is 17.5 Å². The molecule has 1 saturated heterocycles. The Bertz CT molecular complexity index is 998. The predicted octanol–water partition coefficient (Wildman–Crippen LogP) is 2.28. The maximum Gasteiger partial charge on any atom is 0.289 e.